The summed E-state index contributed by atoms with van der Waals surface area (Å²) in [6.45, 7) is 3.66. The maximum absolute atomic E-state index is 12.7. The minimum Gasteiger partial charge on any atom is -0.475 e. The number of halogens is 6. The molecule has 16 heteroatoms. The van der Waals surface area contributed by atoms with Crippen LogP contribution in [0.15, 0.2) is 42.5 Å². The summed E-state index contributed by atoms with van der Waals surface area (Å²) in [7, 11) is 1.31. The lowest BCUT2D eigenvalue weighted by Gasteiger charge is -2.20. The topological polar surface area (TPSA) is 139 Å². The fourth-order valence-electron chi connectivity index (χ4n) is 2.64. The number of nitrogens with two attached hydrogens (primary N) is 1. The Hall–Kier alpha value is -3.53. The number of likely N-dealkylation sites (N-methyl/N-ethyl adjacent to an activating group) is 1. The molecule has 0 aliphatic rings. The number of nitrogens with one attached hydrogen (secondary N) is 1. The Kier molecular flexibility index (Phi) is 12.5. The minimum absolute atomic E-state index is 0.0678. The van der Waals surface area contributed by atoms with E-state index >= 15 is 0 Å². The summed E-state index contributed by atoms with van der Waals surface area (Å²) in [4.78, 5) is 34.8. The molecule has 39 heavy (non-hydrogen) atoms. The number of nitrogens with zero attached hydrogens (tertiary/aromatic N) is 3. The van der Waals surface area contributed by atoms with Crippen LogP contribution in [0.2, 0.25) is 0 Å². The summed E-state index contributed by atoms with van der Waals surface area (Å²) in [5.41, 5.74) is 6.98. The number of carbonyl (C=O) groups excluding carboxylic acids is 2. The first-order valence-corrected chi connectivity index (χ1v) is 12.0. The molecule has 0 fully saturated rings. The van der Waals surface area contributed by atoms with Crippen LogP contribution in [0.3, 0.4) is 0 Å². The van der Waals surface area contributed by atoms with Crippen LogP contribution in [-0.2, 0) is 27.0 Å². The van der Waals surface area contributed by atoms with E-state index in [1.54, 1.807) is 0 Å². The van der Waals surface area contributed by atoms with Gasteiger partial charge in [-0.25, -0.2) is 4.79 Å². The highest BCUT2D eigenvalue weighted by atomic mass is 32.1. The predicted molar refractivity (Wildman–Crippen MR) is 131 cm³/mol. The van der Waals surface area contributed by atoms with Gasteiger partial charge >= 0.3 is 18.3 Å². The van der Waals surface area contributed by atoms with Gasteiger partial charge in [-0.3, -0.25) is 14.5 Å². The van der Waals surface area contributed by atoms with Gasteiger partial charge in [0, 0.05) is 19.2 Å². The molecular formula is C23H27F6N5O4S. The van der Waals surface area contributed by atoms with Crippen molar-refractivity contribution in [2.75, 3.05) is 11.9 Å². The van der Waals surface area contributed by atoms with Gasteiger partial charge in [-0.05, 0) is 24.3 Å². The molecular weight excluding hydrogens is 556 g/mol. The SMILES string of the molecule is CC(C)[C@H](N)C(=O)N[C@H](/C=C/C(=O)N(C)c1nnc(C(F)(F)F)s1)CCc1ccccc1.O=C(O)C(F)(F)F. The third-order valence-corrected chi connectivity index (χ3v) is 5.97. The van der Waals surface area contributed by atoms with Gasteiger partial charge in [-0.15, -0.1) is 10.2 Å². The number of anilines is 1. The number of aromatic nitrogens is 2. The number of aryl methyl sites for hydroxylation is 1. The number of carbonyl (C=O) groups is 3. The van der Waals surface area contributed by atoms with E-state index in [4.69, 9.17) is 15.6 Å². The van der Waals surface area contributed by atoms with Crippen molar-refractivity contribution in [3.63, 3.8) is 0 Å². The molecule has 9 nitrogen and oxygen atoms in total. The lowest BCUT2D eigenvalue weighted by atomic mass is 10.0. The number of aliphatic carboxylic acids is 1. The number of carboxylic acid groups (broad SMARTS) is 1. The Morgan fingerprint density at radius 3 is 2.13 bits per heavy atom. The van der Waals surface area contributed by atoms with Gasteiger partial charge in [0.05, 0.1) is 6.04 Å². The highest BCUT2D eigenvalue weighted by Gasteiger charge is 2.38. The van der Waals surface area contributed by atoms with Crippen LogP contribution in [0.1, 0.15) is 30.8 Å². The summed E-state index contributed by atoms with van der Waals surface area (Å²) in [6.07, 6.45) is -5.85. The molecule has 2 rings (SSSR count). The smallest absolute Gasteiger partial charge is 0.475 e. The number of carboxylic acids is 1. The maximum atomic E-state index is 12.7. The van der Waals surface area contributed by atoms with Crippen molar-refractivity contribution in [1.29, 1.82) is 0 Å². The van der Waals surface area contributed by atoms with Crippen LogP contribution >= 0.6 is 11.3 Å². The first-order valence-electron chi connectivity index (χ1n) is 11.2. The van der Waals surface area contributed by atoms with Crippen LogP contribution in [0, 0.1) is 5.92 Å². The quantitative estimate of drug-likeness (QED) is 0.302. The van der Waals surface area contributed by atoms with Gasteiger partial charge in [0.25, 0.3) is 5.91 Å². The molecule has 0 spiro atoms. The van der Waals surface area contributed by atoms with Crippen molar-refractivity contribution in [3.8, 4) is 0 Å². The summed E-state index contributed by atoms with van der Waals surface area (Å²) in [6, 6.07) is 8.42. The highest BCUT2D eigenvalue weighted by molar-refractivity contribution is 7.15. The molecule has 0 aliphatic carbocycles. The summed E-state index contributed by atoms with van der Waals surface area (Å²) in [5, 5.41) is 15.2. The molecule has 1 heterocycles. The van der Waals surface area contributed by atoms with Gasteiger partial charge in [0.2, 0.25) is 16.0 Å². The van der Waals surface area contributed by atoms with E-state index < -0.39 is 41.3 Å². The molecule has 0 radical (unpaired) electrons. The molecule has 0 unspecified atom stereocenters. The zero-order chi connectivity index (χ0) is 30.0. The third kappa shape index (κ3) is 11.8. The lowest BCUT2D eigenvalue weighted by molar-refractivity contribution is -0.192. The molecule has 216 valence electrons. The largest absolute Gasteiger partial charge is 0.490 e. The monoisotopic (exact) mass is 583 g/mol. The Labute approximate surface area is 223 Å². The van der Waals surface area contributed by atoms with E-state index in [1.165, 1.54) is 19.2 Å². The number of amides is 2. The van der Waals surface area contributed by atoms with Crippen molar-refractivity contribution in [3.05, 3.63) is 53.1 Å². The first-order chi connectivity index (χ1) is 17.9. The Morgan fingerprint density at radius 1 is 1.10 bits per heavy atom. The van der Waals surface area contributed by atoms with E-state index in [2.05, 4.69) is 15.5 Å². The van der Waals surface area contributed by atoms with Gasteiger partial charge in [-0.2, -0.15) is 26.3 Å². The Balaban J connectivity index is 0.000000956. The van der Waals surface area contributed by atoms with E-state index in [0.29, 0.717) is 12.8 Å². The van der Waals surface area contributed by atoms with Crippen molar-refractivity contribution in [2.45, 2.75) is 51.1 Å². The van der Waals surface area contributed by atoms with E-state index in [1.807, 2.05) is 44.2 Å². The van der Waals surface area contributed by atoms with Crippen LogP contribution in [0.5, 0.6) is 0 Å². The predicted octanol–water partition coefficient (Wildman–Crippen LogP) is 3.81. The normalized spacial score (nSPS) is 13.4. The highest BCUT2D eigenvalue weighted by Crippen LogP contribution is 2.34. The number of hydrogen-bond donors (Lipinski definition) is 3. The Bertz CT molecular complexity index is 1120. The van der Waals surface area contributed by atoms with Crippen molar-refractivity contribution < 1.29 is 45.8 Å². The minimum atomic E-state index is -5.08. The first kappa shape index (κ1) is 33.5. The zero-order valence-electron chi connectivity index (χ0n) is 21.0. The number of hydrogen-bond acceptors (Lipinski definition) is 7. The van der Waals surface area contributed by atoms with E-state index in [-0.39, 0.29) is 28.3 Å². The molecule has 4 N–H and O–H groups in total. The molecule has 2 aromatic rings. The van der Waals surface area contributed by atoms with Gasteiger partial charge < -0.3 is 16.2 Å². The van der Waals surface area contributed by atoms with E-state index in [9.17, 15) is 35.9 Å². The number of alkyl halides is 6. The molecule has 2 atom stereocenters. The number of benzene rings is 1. The molecule has 0 saturated carbocycles. The molecule has 2 amide bonds. The molecule has 1 aromatic heterocycles. The lowest BCUT2D eigenvalue weighted by Crippen LogP contribution is -2.47. The van der Waals surface area contributed by atoms with Gasteiger partial charge in [0.15, 0.2) is 0 Å². The molecule has 0 saturated heterocycles. The fraction of sp³-hybridized carbons (Fsp3) is 0.435. The molecule has 1 aromatic carbocycles. The van der Waals surface area contributed by atoms with E-state index in [0.717, 1.165) is 10.5 Å². The Morgan fingerprint density at radius 2 is 1.67 bits per heavy atom. The van der Waals surface area contributed by atoms with Crippen LogP contribution in [0.4, 0.5) is 31.5 Å². The van der Waals surface area contributed by atoms with Crippen molar-refractivity contribution in [2.24, 2.45) is 11.7 Å². The number of rotatable bonds is 9. The third-order valence-electron chi connectivity index (χ3n) is 4.92. The molecule has 0 aliphatic heterocycles. The van der Waals surface area contributed by atoms with Gasteiger partial charge in [0.1, 0.15) is 0 Å². The average molecular weight is 584 g/mol. The summed E-state index contributed by atoms with van der Waals surface area (Å²) in [5.74, 6) is -3.77. The van der Waals surface area contributed by atoms with Crippen LogP contribution in [0.25, 0.3) is 0 Å². The van der Waals surface area contributed by atoms with Crippen molar-refractivity contribution in [1.82, 2.24) is 15.5 Å². The zero-order valence-corrected chi connectivity index (χ0v) is 21.8. The second-order valence-corrected chi connectivity index (χ2v) is 9.31. The van der Waals surface area contributed by atoms with Crippen LogP contribution in [-0.4, -0.2) is 58.4 Å². The fourth-order valence-corrected chi connectivity index (χ4v) is 3.31. The summed E-state index contributed by atoms with van der Waals surface area (Å²) >= 11 is 0.274. The molecule has 0 bridgehead atoms. The maximum Gasteiger partial charge on any atom is 0.490 e. The van der Waals surface area contributed by atoms with Crippen molar-refractivity contribution >= 4 is 34.3 Å². The second kappa shape index (κ2) is 14.6. The van der Waals surface area contributed by atoms with Crippen LogP contribution < -0.4 is 16.0 Å². The standard InChI is InChI=1S/C21H26F3N5O2S.C2HF3O2/c1-13(2)17(25)18(31)26-15(10-9-14-7-5-4-6-8-14)11-12-16(30)29(3)20-28-27-19(32-20)21(22,23)24;3-2(4,5)1(6)7/h4-8,11-13,15,17H,9-10,25H2,1-3H3,(H,26,31);(H,6,7)/b12-11+;/t15-,17-;/m0./s1. The van der Waals surface area contributed by atoms with Gasteiger partial charge in [-0.1, -0.05) is 61.6 Å². The summed E-state index contributed by atoms with van der Waals surface area (Å²) < 4.78 is 69.9. The second-order valence-electron chi connectivity index (χ2n) is 8.36. The average Bonchev–Trinajstić information content (AvgIpc) is 3.36.